The highest BCUT2D eigenvalue weighted by Crippen LogP contribution is 2.68. The summed E-state index contributed by atoms with van der Waals surface area (Å²) in [7, 11) is 0. The summed E-state index contributed by atoms with van der Waals surface area (Å²) in [6, 6.07) is 0. The van der Waals surface area contributed by atoms with Crippen molar-refractivity contribution < 1.29 is 0 Å². The van der Waals surface area contributed by atoms with E-state index < -0.39 is 0 Å². The molecule has 0 heteroatoms. The summed E-state index contributed by atoms with van der Waals surface area (Å²) in [6.45, 7) is 12.9. The highest BCUT2D eigenvalue weighted by molar-refractivity contribution is 5.09. The van der Waals surface area contributed by atoms with E-state index in [9.17, 15) is 0 Å². The van der Waals surface area contributed by atoms with E-state index in [-0.39, 0.29) is 0 Å². The smallest absolute Gasteiger partial charge is 0.0264 e. The molecule has 5 unspecified atom stereocenters. The molecule has 0 amide bonds. The lowest BCUT2D eigenvalue weighted by Gasteiger charge is -2.61. The summed E-state index contributed by atoms with van der Waals surface area (Å²) >= 11 is 0. The Hall–Kier alpha value is 0. The molecule has 4 fully saturated rings. The van der Waals surface area contributed by atoms with E-state index in [4.69, 9.17) is 0 Å². The zero-order valence-corrected chi connectivity index (χ0v) is 17.8. The standard InChI is InChI=1S/C25H44/c1-6-7-18(3)21-10-11-22-20-9-8-19-16-17(2)12-14-24(19,4)23(20)13-15-25(21,22)5/h17-23H,6-16H2,1-5H3/t17?,18-,19?,20?,21-,22?,23?,24+,25-/m1/s1. The van der Waals surface area contributed by atoms with Crippen molar-refractivity contribution in [3.05, 3.63) is 0 Å². The van der Waals surface area contributed by atoms with Gasteiger partial charge in [0.05, 0.1) is 0 Å². The van der Waals surface area contributed by atoms with Gasteiger partial charge in [0.25, 0.3) is 0 Å². The molecule has 0 nitrogen and oxygen atoms in total. The molecule has 0 aromatic rings. The highest BCUT2D eigenvalue weighted by atomic mass is 14.6. The average molecular weight is 345 g/mol. The highest BCUT2D eigenvalue weighted by Gasteiger charge is 2.60. The minimum absolute atomic E-state index is 0.681. The van der Waals surface area contributed by atoms with Crippen molar-refractivity contribution in [1.82, 2.24) is 0 Å². The molecule has 0 N–H and O–H groups in total. The van der Waals surface area contributed by atoms with E-state index in [0.717, 1.165) is 41.4 Å². The monoisotopic (exact) mass is 344 g/mol. The second-order valence-electron chi connectivity index (χ2n) is 11.5. The number of hydrogen-bond donors (Lipinski definition) is 0. The van der Waals surface area contributed by atoms with Gasteiger partial charge in [0.2, 0.25) is 0 Å². The predicted octanol–water partition coefficient (Wildman–Crippen LogP) is 7.72. The molecular weight excluding hydrogens is 300 g/mol. The van der Waals surface area contributed by atoms with E-state index in [1.165, 1.54) is 25.7 Å². The first kappa shape index (κ1) is 18.4. The SMILES string of the molecule is CCC[C@@H](C)[C@H]1CCC2C3CCC4CC(C)CC[C@]4(C)C3CC[C@@]21C. The third kappa shape index (κ3) is 2.75. The lowest BCUT2D eigenvalue weighted by molar-refractivity contribution is -0.120. The second kappa shape index (κ2) is 6.56. The Morgan fingerprint density at radius 3 is 2.36 bits per heavy atom. The van der Waals surface area contributed by atoms with Crippen LogP contribution in [0.15, 0.2) is 0 Å². The summed E-state index contributed by atoms with van der Waals surface area (Å²) in [5.41, 5.74) is 1.38. The van der Waals surface area contributed by atoms with Crippen molar-refractivity contribution in [2.45, 2.75) is 105 Å². The molecular formula is C25H44. The van der Waals surface area contributed by atoms with Crippen LogP contribution in [0.3, 0.4) is 0 Å². The maximum Gasteiger partial charge on any atom is -0.0264 e. The van der Waals surface area contributed by atoms with Gasteiger partial charge in [-0.15, -0.1) is 0 Å². The molecule has 4 aliphatic rings. The van der Waals surface area contributed by atoms with Crippen LogP contribution in [0.4, 0.5) is 0 Å². The van der Waals surface area contributed by atoms with Crippen LogP contribution >= 0.6 is 0 Å². The zero-order chi connectivity index (χ0) is 17.8. The average Bonchev–Trinajstić information content (AvgIpc) is 2.93. The number of fused-ring (bicyclic) bond motifs is 5. The topological polar surface area (TPSA) is 0 Å². The quantitative estimate of drug-likeness (QED) is 0.491. The van der Waals surface area contributed by atoms with Gasteiger partial charge in [-0.25, -0.2) is 0 Å². The van der Waals surface area contributed by atoms with Crippen LogP contribution in [0.1, 0.15) is 105 Å². The van der Waals surface area contributed by atoms with Crippen molar-refractivity contribution in [1.29, 1.82) is 0 Å². The molecule has 0 aliphatic heterocycles. The van der Waals surface area contributed by atoms with Crippen LogP contribution in [-0.2, 0) is 0 Å². The first-order chi connectivity index (χ1) is 11.9. The fraction of sp³-hybridized carbons (Fsp3) is 1.00. The second-order valence-corrected chi connectivity index (χ2v) is 11.5. The van der Waals surface area contributed by atoms with Crippen molar-refractivity contribution in [2.24, 2.45) is 52.3 Å². The van der Waals surface area contributed by atoms with Gasteiger partial charge in [0.1, 0.15) is 0 Å². The lowest BCUT2D eigenvalue weighted by atomic mass is 9.44. The molecule has 4 saturated carbocycles. The van der Waals surface area contributed by atoms with Gasteiger partial charge in [0.15, 0.2) is 0 Å². The van der Waals surface area contributed by atoms with Gasteiger partial charge >= 0.3 is 0 Å². The molecule has 0 spiro atoms. The number of rotatable bonds is 3. The maximum absolute atomic E-state index is 2.73. The van der Waals surface area contributed by atoms with E-state index in [0.29, 0.717) is 10.8 Å². The Morgan fingerprint density at radius 1 is 0.880 bits per heavy atom. The normalized spacial score (nSPS) is 53.6. The Bertz CT molecular complexity index is 480. The van der Waals surface area contributed by atoms with Crippen LogP contribution in [0.5, 0.6) is 0 Å². The van der Waals surface area contributed by atoms with Crippen molar-refractivity contribution >= 4 is 0 Å². The van der Waals surface area contributed by atoms with Gasteiger partial charge in [0, 0.05) is 0 Å². The molecule has 0 aromatic heterocycles. The third-order valence-electron chi connectivity index (χ3n) is 10.4. The van der Waals surface area contributed by atoms with E-state index in [1.807, 2.05) is 0 Å². The molecule has 0 aromatic carbocycles. The van der Waals surface area contributed by atoms with Gasteiger partial charge in [-0.1, -0.05) is 53.9 Å². The third-order valence-corrected chi connectivity index (χ3v) is 10.4. The fourth-order valence-corrected chi connectivity index (χ4v) is 9.10. The molecule has 4 aliphatic carbocycles. The first-order valence-corrected chi connectivity index (χ1v) is 11.9. The van der Waals surface area contributed by atoms with Gasteiger partial charge in [-0.2, -0.15) is 0 Å². The van der Waals surface area contributed by atoms with Gasteiger partial charge in [-0.05, 0) is 104 Å². The van der Waals surface area contributed by atoms with Crippen LogP contribution in [-0.4, -0.2) is 0 Å². The summed E-state index contributed by atoms with van der Waals surface area (Å²) < 4.78 is 0. The van der Waals surface area contributed by atoms with E-state index in [1.54, 1.807) is 44.9 Å². The summed E-state index contributed by atoms with van der Waals surface area (Å²) in [5.74, 6) is 7.23. The lowest BCUT2D eigenvalue weighted by Crippen LogP contribution is -2.53. The van der Waals surface area contributed by atoms with Gasteiger partial charge < -0.3 is 0 Å². The summed E-state index contributed by atoms with van der Waals surface area (Å²) in [5, 5.41) is 0. The fourth-order valence-electron chi connectivity index (χ4n) is 9.10. The molecule has 0 radical (unpaired) electrons. The predicted molar refractivity (Wildman–Crippen MR) is 108 cm³/mol. The van der Waals surface area contributed by atoms with Crippen molar-refractivity contribution in [3.8, 4) is 0 Å². The van der Waals surface area contributed by atoms with Crippen LogP contribution in [0, 0.1) is 52.3 Å². The Labute approximate surface area is 157 Å². The minimum atomic E-state index is 0.681. The summed E-state index contributed by atoms with van der Waals surface area (Å²) in [4.78, 5) is 0. The molecule has 0 heterocycles. The Morgan fingerprint density at radius 2 is 1.60 bits per heavy atom. The van der Waals surface area contributed by atoms with Crippen LogP contribution in [0.25, 0.3) is 0 Å². The maximum atomic E-state index is 2.73. The van der Waals surface area contributed by atoms with E-state index in [2.05, 4.69) is 34.6 Å². The molecule has 144 valence electrons. The first-order valence-electron chi connectivity index (χ1n) is 11.9. The number of hydrogen-bond acceptors (Lipinski definition) is 0. The molecule has 0 bridgehead atoms. The summed E-state index contributed by atoms with van der Waals surface area (Å²) in [6.07, 6.45) is 16.8. The Kier molecular flexibility index (Phi) is 4.82. The van der Waals surface area contributed by atoms with Crippen LogP contribution in [0.2, 0.25) is 0 Å². The largest absolute Gasteiger partial charge is 0.0654 e. The van der Waals surface area contributed by atoms with E-state index >= 15 is 0 Å². The molecule has 25 heavy (non-hydrogen) atoms. The van der Waals surface area contributed by atoms with Gasteiger partial charge in [-0.3, -0.25) is 0 Å². The van der Waals surface area contributed by atoms with Crippen molar-refractivity contribution in [2.75, 3.05) is 0 Å². The molecule has 0 saturated heterocycles. The minimum Gasteiger partial charge on any atom is -0.0654 e. The molecule has 4 rings (SSSR count). The van der Waals surface area contributed by atoms with Crippen LogP contribution < -0.4 is 0 Å². The zero-order valence-electron chi connectivity index (χ0n) is 17.8. The molecule has 9 atom stereocenters. The van der Waals surface area contributed by atoms with Crippen molar-refractivity contribution in [3.63, 3.8) is 0 Å². The Balaban J connectivity index is 1.56.